The molecule has 2 bridgehead atoms. The summed E-state index contributed by atoms with van der Waals surface area (Å²) >= 11 is 0. The number of benzene rings is 3. The van der Waals surface area contributed by atoms with Crippen LogP contribution in [0.1, 0.15) is 64.9 Å². The normalized spacial score (nSPS) is 31.8. The van der Waals surface area contributed by atoms with Crippen LogP contribution in [-0.2, 0) is 15.9 Å². The van der Waals surface area contributed by atoms with Crippen LogP contribution < -0.4 is 0 Å². The molecule has 4 nitrogen and oxygen atoms in total. The third-order valence-electron chi connectivity index (χ3n) is 9.70. The summed E-state index contributed by atoms with van der Waals surface area (Å²) < 4.78 is 13.0. The van der Waals surface area contributed by atoms with E-state index in [1.807, 2.05) is 60.7 Å². The standard InChI is InChI=1S/C32H32O4/c33-30(20-11-3-1-4-12-20)35-28-26-24-19-22-15-7-8-16-23(22)25(24)27(32(26)17-9-10-18-32)29(28)36-31(34)21-13-5-2-6-14-21/h1-8,11-16,24-29,31,34H,9-10,17-19H2. The first-order valence-electron chi connectivity index (χ1n) is 13.4. The van der Waals surface area contributed by atoms with E-state index in [9.17, 15) is 9.90 Å². The van der Waals surface area contributed by atoms with Gasteiger partial charge in [-0.1, -0.05) is 85.6 Å². The van der Waals surface area contributed by atoms with Crippen molar-refractivity contribution in [3.8, 4) is 0 Å². The predicted octanol–water partition coefficient (Wildman–Crippen LogP) is 6.06. The summed E-state index contributed by atoms with van der Waals surface area (Å²) in [6, 6.07) is 27.6. The number of ether oxygens (including phenoxy) is 2. The highest BCUT2D eigenvalue weighted by Crippen LogP contribution is 2.75. The molecule has 184 valence electrons. The summed E-state index contributed by atoms with van der Waals surface area (Å²) in [6.07, 6.45) is 4.00. The maximum Gasteiger partial charge on any atom is 0.338 e. The van der Waals surface area contributed by atoms with Gasteiger partial charge in [-0.3, -0.25) is 0 Å². The Morgan fingerprint density at radius 2 is 1.50 bits per heavy atom. The fourth-order valence-electron chi connectivity index (χ4n) is 8.60. The van der Waals surface area contributed by atoms with Gasteiger partial charge >= 0.3 is 5.97 Å². The Morgan fingerprint density at radius 1 is 0.833 bits per heavy atom. The van der Waals surface area contributed by atoms with Gasteiger partial charge in [0.15, 0.2) is 6.29 Å². The van der Waals surface area contributed by atoms with Crippen molar-refractivity contribution in [2.24, 2.45) is 23.2 Å². The molecule has 0 aliphatic heterocycles. The van der Waals surface area contributed by atoms with Crippen LogP contribution in [0.2, 0.25) is 0 Å². The molecule has 4 heteroatoms. The largest absolute Gasteiger partial charge is 0.456 e. The minimum absolute atomic E-state index is 0.103. The Kier molecular flexibility index (Phi) is 5.30. The molecule has 3 fully saturated rings. The van der Waals surface area contributed by atoms with E-state index in [1.165, 1.54) is 24.0 Å². The van der Waals surface area contributed by atoms with E-state index >= 15 is 0 Å². The van der Waals surface area contributed by atoms with Crippen LogP contribution in [0.25, 0.3) is 0 Å². The number of aliphatic hydroxyl groups is 1. The lowest BCUT2D eigenvalue weighted by atomic mass is 9.72. The third-order valence-corrected chi connectivity index (χ3v) is 9.70. The molecule has 1 spiro atoms. The van der Waals surface area contributed by atoms with Gasteiger partial charge in [-0.25, -0.2) is 4.79 Å². The molecule has 7 unspecified atom stereocenters. The third kappa shape index (κ3) is 3.24. The van der Waals surface area contributed by atoms with Gasteiger partial charge in [0.2, 0.25) is 0 Å². The van der Waals surface area contributed by atoms with Gasteiger partial charge < -0.3 is 14.6 Å². The molecule has 0 heterocycles. The highest BCUT2D eigenvalue weighted by atomic mass is 16.6. The van der Waals surface area contributed by atoms with E-state index < -0.39 is 6.29 Å². The van der Waals surface area contributed by atoms with Crippen LogP contribution >= 0.6 is 0 Å². The minimum Gasteiger partial charge on any atom is -0.456 e. The molecule has 4 aliphatic rings. The number of hydrogen-bond acceptors (Lipinski definition) is 4. The van der Waals surface area contributed by atoms with Crippen LogP contribution in [0, 0.1) is 23.2 Å². The molecular weight excluding hydrogens is 448 g/mol. The van der Waals surface area contributed by atoms with Crippen molar-refractivity contribution in [1.29, 1.82) is 0 Å². The molecule has 3 aromatic rings. The number of aliphatic hydroxyl groups excluding tert-OH is 1. The van der Waals surface area contributed by atoms with Crippen LogP contribution in [0.15, 0.2) is 84.9 Å². The van der Waals surface area contributed by atoms with Crippen molar-refractivity contribution in [3.63, 3.8) is 0 Å². The summed E-state index contributed by atoms with van der Waals surface area (Å²) in [5.74, 6) is 1.02. The van der Waals surface area contributed by atoms with Gasteiger partial charge in [0, 0.05) is 17.4 Å². The fraction of sp³-hybridized carbons (Fsp3) is 0.406. The van der Waals surface area contributed by atoms with Gasteiger partial charge in [0.05, 0.1) is 5.56 Å². The molecule has 3 saturated carbocycles. The van der Waals surface area contributed by atoms with Crippen LogP contribution in [0.4, 0.5) is 0 Å². The zero-order valence-electron chi connectivity index (χ0n) is 20.3. The van der Waals surface area contributed by atoms with Gasteiger partial charge in [-0.2, -0.15) is 0 Å². The molecule has 1 N–H and O–H groups in total. The monoisotopic (exact) mass is 480 g/mol. The molecule has 0 amide bonds. The zero-order chi connectivity index (χ0) is 24.3. The lowest BCUT2D eigenvalue weighted by Crippen LogP contribution is -2.44. The number of hydrogen-bond donors (Lipinski definition) is 1. The van der Waals surface area contributed by atoms with Gasteiger partial charge in [0.1, 0.15) is 12.2 Å². The molecule has 0 radical (unpaired) electrons. The first-order valence-corrected chi connectivity index (χ1v) is 13.4. The Bertz CT molecular complexity index is 1250. The van der Waals surface area contributed by atoms with Crippen molar-refractivity contribution in [2.75, 3.05) is 0 Å². The molecule has 0 aromatic heterocycles. The van der Waals surface area contributed by atoms with Crippen molar-refractivity contribution < 1.29 is 19.4 Å². The van der Waals surface area contributed by atoms with Crippen LogP contribution in [0.5, 0.6) is 0 Å². The lowest BCUT2D eigenvalue weighted by Gasteiger charge is -2.38. The lowest BCUT2D eigenvalue weighted by molar-refractivity contribution is -0.189. The zero-order valence-corrected chi connectivity index (χ0v) is 20.3. The average molecular weight is 481 g/mol. The highest BCUT2D eigenvalue weighted by molar-refractivity contribution is 5.89. The van der Waals surface area contributed by atoms with Gasteiger partial charge in [-0.15, -0.1) is 0 Å². The topological polar surface area (TPSA) is 55.8 Å². The minimum atomic E-state index is -1.05. The molecule has 3 aromatic carbocycles. The molecule has 7 rings (SSSR count). The van der Waals surface area contributed by atoms with Crippen molar-refractivity contribution in [3.05, 3.63) is 107 Å². The number of carbonyl (C=O) groups excluding carboxylic acids is 1. The summed E-state index contributed by atoms with van der Waals surface area (Å²) in [4.78, 5) is 13.4. The van der Waals surface area contributed by atoms with E-state index in [0.29, 0.717) is 17.4 Å². The van der Waals surface area contributed by atoms with Gasteiger partial charge in [0.25, 0.3) is 0 Å². The van der Waals surface area contributed by atoms with Crippen LogP contribution in [0.3, 0.4) is 0 Å². The number of carbonyl (C=O) groups is 1. The molecule has 7 atom stereocenters. The fourth-order valence-corrected chi connectivity index (χ4v) is 8.60. The second-order valence-electron chi connectivity index (χ2n) is 11.2. The smallest absolute Gasteiger partial charge is 0.338 e. The quantitative estimate of drug-likeness (QED) is 0.356. The van der Waals surface area contributed by atoms with E-state index in [4.69, 9.17) is 9.47 Å². The summed E-state index contributed by atoms with van der Waals surface area (Å²) in [5, 5.41) is 11.2. The van der Waals surface area contributed by atoms with E-state index in [-0.39, 0.29) is 35.4 Å². The second kappa shape index (κ2) is 8.57. The summed E-state index contributed by atoms with van der Waals surface area (Å²) in [5.41, 5.74) is 4.27. The number of esters is 1. The summed E-state index contributed by atoms with van der Waals surface area (Å²) in [7, 11) is 0. The van der Waals surface area contributed by atoms with E-state index in [2.05, 4.69) is 24.3 Å². The highest BCUT2D eigenvalue weighted by Gasteiger charge is 2.74. The van der Waals surface area contributed by atoms with Gasteiger partial charge in [-0.05, 0) is 59.8 Å². The Labute approximate surface area is 212 Å². The molecule has 4 aliphatic carbocycles. The van der Waals surface area contributed by atoms with E-state index in [1.54, 1.807) is 0 Å². The molecule has 36 heavy (non-hydrogen) atoms. The SMILES string of the molecule is O=C(OC1C(OC(O)c2ccccc2)C2C3c4ccccc4CC3C1C21CCCC1)c1ccccc1. The molecule has 0 saturated heterocycles. The maximum absolute atomic E-state index is 13.4. The van der Waals surface area contributed by atoms with Crippen LogP contribution in [-0.4, -0.2) is 23.3 Å². The Balaban J connectivity index is 1.30. The summed E-state index contributed by atoms with van der Waals surface area (Å²) in [6.45, 7) is 0. The average Bonchev–Trinajstić information content (AvgIpc) is 3.66. The first kappa shape index (κ1) is 22.3. The first-order chi connectivity index (χ1) is 17.7. The van der Waals surface area contributed by atoms with E-state index in [0.717, 1.165) is 24.8 Å². The second-order valence-corrected chi connectivity index (χ2v) is 11.2. The van der Waals surface area contributed by atoms with Crippen molar-refractivity contribution in [1.82, 2.24) is 0 Å². The Morgan fingerprint density at radius 3 is 2.25 bits per heavy atom. The van der Waals surface area contributed by atoms with Crippen molar-refractivity contribution in [2.45, 2.75) is 56.5 Å². The number of fused-ring (bicyclic) bond motifs is 5. The molecular formula is C32H32O4. The Hall–Kier alpha value is -2.95. The van der Waals surface area contributed by atoms with Crippen molar-refractivity contribution >= 4 is 5.97 Å². The number of rotatable bonds is 5. The predicted molar refractivity (Wildman–Crippen MR) is 136 cm³/mol. The maximum atomic E-state index is 13.4.